The number of ketones is 1. The van der Waals surface area contributed by atoms with Gasteiger partial charge in [-0.3, -0.25) is 9.59 Å². The van der Waals surface area contributed by atoms with Crippen LogP contribution in [0.4, 0.5) is 10.5 Å². The third kappa shape index (κ3) is 3.14. The molecule has 2 amide bonds. The molecule has 2 rings (SSSR count). The molecule has 0 atom stereocenters. The molecule has 0 saturated carbocycles. The second-order valence-corrected chi connectivity index (χ2v) is 4.79. The van der Waals surface area contributed by atoms with E-state index in [1.54, 1.807) is 18.2 Å². The predicted molar refractivity (Wildman–Crippen MR) is 73.0 cm³/mol. The standard InChI is InChI=1S/C14H16N2O4/c1-16(7-6-13(18)19)14(20)15-10-3-4-11-9(8-10)2-5-12(11)17/h3-4,8H,2,5-7H2,1H3,(H,15,20)(H,18,19). The maximum absolute atomic E-state index is 11.8. The Kier molecular flexibility index (Phi) is 4.02. The largest absolute Gasteiger partial charge is 0.481 e. The molecular weight excluding hydrogens is 260 g/mol. The Bertz CT molecular complexity index is 568. The number of carbonyl (C=O) groups excluding carboxylic acids is 2. The van der Waals surface area contributed by atoms with Gasteiger partial charge in [0, 0.05) is 31.3 Å². The maximum atomic E-state index is 11.8. The number of benzene rings is 1. The zero-order valence-corrected chi connectivity index (χ0v) is 11.2. The molecule has 0 saturated heterocycles. The smallest absolute Gasteiger partial charge is 0.321 e. The number of aliphatic carboxylic acids is 1. The van der Waals surface area contributed by atoms with Crippen molar-refractivity contribution in [3.63, 3.8) is 0 Å². The first kappa shape index (κ1) is 14.0. The second-order valence-electron chi connectivity index (χ2n) is 4.79. The molecule has 20 heavy (non-hydrogen) atoms. The summed E-state index contributed by atoms with van der Waals surface area (Å²) in [6, 6.07) is 4.83. The van der Waals surface area contributed by atoms with E-state index >= 15 is 0 Å². The Hall–Kier alpha value is -2.37. The van der Waals surface area contributed by atoms with Crippen molar-refractivity contribution in [3.8, 4) is 0 Å². The number of anilines is 1. The molecule has 1 aromatic carbocycles. The van der Waals surface area contributed by atoms with Gasteiger partial charge in [-0.1, -0.05) is 0 Å². The lowest BCUT2D eigenvalue weighted by atomic mass is 10.1. The first-order chi connectivity index (χ1) is 9.47. The van der Waals surface area contributed by atoms with Gasteiger partial charge in [0.25, 0.3) is 0 Å². The van der Waals surface area contributed by atoms with E-state index in [4.69, 9.17) is 5.11 Å². The molecule has 1 aliphatic carbocycles. The fraction of sp³-hybridized carbons (Fsp3) is 0.357. The third-order valence-electron chi connectivity index (χ3n) is 3.29. The number of fused-ring (bicyclic) bond motifs is 1. The molecule has 0 fully saturated rings. The average molecular weight is 276 g/mol. The Morgan fingerprint density at radius 2 is 2.10 bits per heavy atom. The van der Waals surface area contributed by atoms with E-state index in [2.05, 4.69) is 5.32 Å². The van der Waals surface area contributed by atoms with Gasteiger partial charge in [0.05, 0.1) is 6.42 Å². The SMILES string of the molecule is CN(CCC(=O)O)C(=O)Nc1ccc2c(c1)CCC2=O. The molecule has 0 aromatic heterocycles. The van der Waals surface area contributed by atoms with Gasteiger partial charge >= 0.3 is 12.0 Å². The molecule has 1 aliphatic rings. The first-order valence-electron chi connectivity index (χ1n) is 6.37. The summed E-state index contributed by atoms with van der Waals surface area (Å²) in [4.78, 5) is 35.1. The van der Waals surface area contributed by atoms with Gasteiger partial charge in [-0.2, -0.15) is 0 Å². The van der Waals surface area contributed by atoms with E-state index in [9.17, 15) is 14.4 Å². The number of nitrogens with zero attached hydrogens (tertiary/aromatic N) is 1. The molecule has 6 nitrogen and oxygen atoms in total. The minimum Gasteiger partial charge on any atom is -0.481 e. The van der Waals surface area contributed by atoms with Crippen LogP contribution in [-0.2, 0) is 11.2 Å². The van der Waals surface area contributed by atoms with E-state index in [1.165, 1.54) is 11.9 Å². The summed E-state index contributed by atoms with van der Waals surface area (Å²) in [6.45, 7) is 0.143. The second kappa shape index (κ2) is 5.73. The van der Waals surface area contributed by atoms with Gasteiger partial charge in [0.1, 0.15) is 0 Å². The summed E-state index contributed by atoms with van der Waals surface area (Å²) >= 11 is 0. The molecule has 0 radical (unpaired) electrons. The van der Waals surface area contributed by atoms with E-state index in [0.717, 1.165) is 11.1 Å². The van der Waals surface area contributed by atoms with Gasteiger partial charge < -0.3 is 15.3 Å². The maximum Gasteiger partial charge on any atom is 0.321 e. The minimum atomic E-state index is -0.944. The summed E-state index contributed by atoms with van der Waals surface area (Å²) < 4.78 is 0. The van der Waals surface area contributed by atoms with Crippen molar-refractivity contribution in [1.82, 2.24) is 4.90 Å². The topological polar surface area (TPSA) is 86.7 Å². The van der Waals surface area contributed by atoms with Crippen LogP contribution in [0.3, 0.4) is 0 Å². The minimum absolute atomic E-state index is 0.0946. The fourth-order valence-corrected chi connectivity index (χ4v) is 2.12. The van der Waals surface area contributed by atoms with Crippen LogP contribution in [0.25, 0.3) is 0 Å². The number of nitrogens with one attached hydrogen (secondary N) is 1. The van der Waals surface area contributed by atoms with Gasteiger partial charge in [0.2, 0.25) is 0 Å². The molecule has 2 N–H and O–H groups in total. The number of rotatable bonds is 4. The molecule has 0 spiro atoms. The van der Waals surface area contributed by atoms with E-state index in [-0.39, 0.29) is 24.8 Å². The normalized spacial score (nSPS) is 12.9. The van der Waals surface area contributed by atoms with Crippen LogP contribution in [0.5, 0.6) is 0 Å². The van der Waals surface area contributed by atoms with Gasteiger partial charge in [0.15, 0.2) is 5.78 Å². The number of amides is 2. The third-order valence-corrected chi connectivity index (χ3v) is 3.29. The zero-order chi connectivity index (χ0) is 14.7. The number of hydrogen-bond donors (Lipinski definition) is 2. The number of carboxylic acid groups (broad SMARTS) is 1. The number of aryl methyl sites for hydroxylation is 1. The lowest BCUT2D eigenvalue weighted by molar-refractivity contribution is -0.137. The van der Waals surface area contributed by atoms with Crippen molar-refractivity contribution in [2.24, 2.45) is 0 Å². The van der Waals surface area contributed by atoms with E-state index in [0.29, 0.717) is 18.5 Å². The average Bonchev–Trinajstić information content (AvgIpc) is 2.77. The van der Waals surface area contributed by atoms with Crippen LogP contribution in [0.2, 0.25) is 0 Å². The van der Waals surface area contributed by atoms with Crippen LogP contribution < -0.4 is 5.32 Å². The summed E-state index contributed by atoms with van der Waals surface area (Å²) in [6.07, 6.45) is 1.13. The van der Waals surface area contributed by atoms with Crippen LogP contribution >= 0.6 is 0 Å². The van der Waals surface area contributed by atoms with Crippen molar-refractivity contribution in [2.45, 2.75) is 19.3 Å². The lowest BCUT2D eigenvalue weighted by Gasteiger charge is -2.17. The van der Waals surface area contributed by atoms with Crippen molar-refractivity contribution in [1.29, 1.82) is 0 Å². The summed E-state index contributed by atoms with van der Waals surface area (Å²) in [5, 5.41) is 11.3. The van der Waals surface area contributed by atoms with E-state index in [1.807, 2.05) is 0 Å². The summed E-state index contributed by atoms with van der Waals surface area (Å²) in [5.74, 6) is -0.808. The Balaban J connectivity index is 1.98. The zero-order valence-electron chi connectivity index (χ0n) is 11.2. The van der Waals surface area contributed by atoms with Crippen LogP contribution in [0.1, 0.15) is 28.8 Å². The molecular formula is C14H16N2O4. The van der Waals surface area contributed by atoms with Crippen LogP contribution in [0, 0.1) is 0 Å². The quantitative estimate of drug-likeness (QED) is 0.877. The van der Waals surface area contributed by atoms with Crippen molar-refractivity contribution in [3.05, 3.63) is 29.3 Å². The van der Waals surface area contributed by atoms with E-state index < -0.39 is 5.97 Å². The van der Waals surface area contributed by atoms with Crippen molar-refractivity contribution < 1.29 is 19.5 Å². The monoisotopic (exact) mass is 276 g/mol. The molecule has 6 heteroatoms. The van der Waals surface area contributed by atoms with Gasteiger partial charge in [-0.15, -0.1) is 0 Å². The number of carboxylic acids is 1. The lowest BCUT2D eigenvalue weighted by Crippen LogP contribution is -2.33. The molecule has 0 bridgehead atoms. The summed E-state index contributed by atoms with van der Waals surface area (Å²) in [7, 11) is 1.54. The Morgan fingerprint density at radius 1 is 1.35 bits per heavy atom. The highest BCUT2D eigenvalue weighted by atomic mass is 16.4. The Morgan fingerprint density at radius 3 is 2.80 bits per heavy atom. The van der Waals surface area contributed by atoms with Crippen LogP contribution in [-0.4, -0.2) is 41.4 Å². The highest BCUT2D eigenvalue weighted by molar-refractivity contribution is 6.01. The summed E-state index contributed by atoms with van der Waals surface area (Å²) in [5.41, 5.74) is 2.29. The highest BCUT2D eigenvalue weighted by Gasteiger charge is 2.20. The predicted octanol–water partition coefficient (Wildman–Crippen LogP) is 1.75. The number of hydrogen-bond acceptors (Lipinski definition) is 3. The number of carbonyl (C=O) groups is 3. The van der Waals surface area contributed by atoms with Crippen molar-refractivity contribution >= 4 is 23.5 Å². The molecule has 106 valence electrons. The van der Waals surface area contributed by atoms with Gasteiger partial charge in [-0.25, -0.2) is 4.79 Å². The number of urea groups is 1. The Labute approximate surface area is 116 Å². The highest BCUT2D eigenvalue weighted by Crippen LogP contribution is 2.25. The fourth-order valence-electron chi connectivity index (χ4n) is 2.12. The van der Waals surface area contributed by atoms with Crippen molar-refractivity contribution in [2.75, 3.05) is 18.9 Å². The first-order valence-corrected chi connectivity index (χ1v) is 6.37. The molecule has 0 heterocycles. The van der Waals surface area contributed by atoms with Gasteiger partial charge in [-0.05, 0) is 30.2 Å². The molecule has 0 unspecified atom stereocenters. The molecule has 0 aliphatic heterocycles. The molecule has 1 aromatic rings. The number of Topliss-reactive ketones (excluding diaryl/α,β-unsaturated/α-hetero) is 1. The van der Waals surface area contributed by atoms with Crippen LogP contribution in [0.15, 0.2) is 18.2 Å².